The Kier molecular flexibility index (Phi) is 3.50. The quantitative estimate of drug-likeness (QED) is 0.602. The van der Waals surface area contributed by atoms with Gasteiger partial charge in [0, 0.05) is 16.6 Å². The summed E-state index contributed by atoms with van der Waals surface area (Å²) >= 11 is 0. The Bertz CT molecular complexity index is 1070. The maximum Gasteiger partial charge on any atom is 0.272 e. The first-order chi connectivity index (χ1) is 12.1. The lowest BCUT2D eigenvalue weighted by molar-refractivity contribution is 0.102. The van der Waals surface area contributed by atoms with E-state index in [1.54, 1.807) is 22.9 Å². The zero-order valence-electron chi connectivity index (χ0n) is 13.2. The van der Waals surface area contributed by atoms with Gasteiger partial charge >= 0.3 is 0 Å². The molecule has 0 fully saturated rings. The number of H-pyrrole nitrogens is 1. The number of aryl methyl sites for hydroxylation is 1. The number of rotatable bonds is 3. The molecule has 0 aliphatic rings. The van der Waals surface area contributed by atoms with Crippen molar-refractivity contribution in [2.75, 3.05) is 5.32 Å². The maximum absolute atomic E-state index is 13.8. The summed E-state index contributed by atoms with van der Waals surface area (Å²) in [6.07, 6.45) is 1.50. The molecule has 0 unspecified atom stereocenters. The minimum Gasteiger partial charge on any atom is -0.350 e. The van der Waals surface area contributed by atoms with Crippen molar-refractivity contribution in [1.29, 1.82) is 0 Å². The fourth-order valence-corrected chi connectivity index (χ4v) is 2.70. The van der Waals surface area contributed by atoms with Crippen molar-refractivity contribution in [3.8, 4) is 5.69 Å². The van der Waals surface area contributed by atoms with E-state index in [-0.39, 0.29) is 11.7 Å². The first kappa shape index (κ1) is 15.0. The number of amides is 1. The lowest BCUT2D eigenvalue weighted by Crippen LogP contribution is -2.12. The van der Waals surface area contributed by atoms with Crippen LogP contribution in [0, 0.1) is 12.7 Å². The molecule has 4 rings (SSSR count). The third-order valence-corrected chi connectivity index (χ3v) is 3.91. The molecule has 1 amide bonds. The van der Waals surface area contributed by atoms with E-state index in [0.717, 1.165) is 11.3 Å². The average molecular weight is 336 g/mol. The van der Waals surface area contributed by atoms with Gasteiger partial charge in [-0.15, -0.1) is 5.10 Å². The lowest BCUT2D eigenvalue weighted by atomic mass is 10.1. The van der Waals surface area contributed by atoms with Gasteiger partial charge in [0.15, 0.2) is 0 Å². The predicted octanol–water partition coefficient (Wildman–Crippen LogP) is 2.84. The molecule has 2 N–H and O–H groups in total. The molecule has 2 aromatic heterocycles. The standard InChI is InChI=1S/C17H13FN6O/c1-10-7-11(5-6-16(10)24-9-19-22-23-24)20-17(25)15-8-12-13(18)3-2-4-14(12)21-15/h2-9,21H,1H3,(H,20,25). The summed E-state index contributed by atoms with van der Waals surface area (Å²) < 4.78 is 15.3. The molecule has 124 valence electrons. The molecular formula is C17H13FN6O. The largest absolute Gasteiger partial charge is 0.350 e. The van der Waals surface area contributed by atoms with Crippen molar-refractivity contribution in [3.05, 3.63) is 65.9 Å². The van der Waals surface area contributed by atoms with Crippen LogP contribution in [0.4, 0.5) is 10.1 Å². The fraction of sp³-hybridized carbons (Fsp3) is 0.0588. The van der Waals surface area contributed by atoms with Crippen LogP contribution in [-0.2, 0) is 0 Å². The van der Waals surface area contributed by atoms with Crippen molar-refractivity contribution < 1.29 is 9.18 Å². The molecule has 0 atom stereocenters. The summed E-state index contributed by atoms with van der Waals surface area (Å²) in [4.78, 5) is 15.3. The van der Waals surface area contributed by atoms with Crippen molar-refractivity contribution in [2.24, 2.45) is 0 Å². The first-order valence-electron chi connectivity index (χ1n) is 7.54. The molecular weight excluding hydrogens is 323 g/mol. The highest BCUT2D eigenvalue weighted by Gasteiger charge is 2.13. The Balaban J connectivity index is 1.60. The van der Waals surface area contributed by atoms with Crippen molar-refractivity contribution in [3.63, 3.8) is 0 Å². The van der Waals surface area contributed by atoms with Crippen molar-refractivity contribution >= 4 is 22.5 Å². The van der Waals surface area contributed by atoms with E-state index in [4.69, 9.17) is 0 Å². The minimum absolute atomic E-state index is 0.294. The topological polar surface area (TPSA) is 88.5 Å². The van der Waals surface area contributed by atoms with Gasteiger partial charge in [-0.2, -0.15) is 0 Å². The van der Waals surface area contributed by atoms with Crippen LogP contribution in [0.5, 0.6) is 0 Å². The average Bonchev–Trinajstić information content (AvgIpc) is 3.25. The summed E-state index contributed by atoms with van der Waals surface area (Å²) in [5, 5.41) is 14.2. The number of aromatic amines is 1. The SMILES string of the molecule is Cc1cc(NC(=O)c2cc3c(F)cccc3[nH]2)ccc1-n1cnnn1. The summed E-state index contributed by atoms with van der Waals surface area (Å²) in [7, 11) is 0. The molecule has 0 saturated carbocycles. The number of carbonyl (C=O) groups excluding carboxylic acids is 1. The van der Waals surface area contributed by atoms with Gasteiger partial charge in [0.1, 0.15) is 17.8 Å². The van der Waals surface area contributed by atoms with Crippen LogP contribution in [0.1, 0.15) is 16.1 Å². The van der Waals surface area contributed by atoms with Crippen molar-refractivity contribution in [1.82, 2.24) is 25.2 Å². The van der Waals surface area contributed by atoms with Crippen LogP contribution in [0.3, 0.4) is 0 Å². The second-order valence-electron chi connectivity index (χ2n) is 5.59. The molecule has 7 nitrogen and oxygen atoms in total. The van der Waals surface area contributed by atoms with E-state index >= 15 is 0 Å². The molecule has 0 aliphatic carbocycles. The Morgan fingerprint density at radius 2 is 2.12 bits per heavy atom. The zero-order chi connectivity index (χ0) is 17.4. The number of tetrazole rings is 1. The van der Waals surface area contributed by atoms with Crippen LogP contribution >= 0.6 is 0 Å². The number of aromatic nitrogens is 5. The van der Waals surface area contributed by atoms with Crippen molar-refractivity contribution in [2.45, 2.75) is 6.92 Å². The Morgan fingerprint density at radius 3 is 2.84 bits per heavy atom. The van der Waals surface area contributed by atoms with Gasteiger partial charge in [-0.25, -0.2) is 9.07 Å². The molecule has 0 spiro atoms. The Hall–Kier alpha value is -3.55. The summed E-state index contributed by atoms with van der Waals surface area (Å²) in [6, 6.07) is 11.6. The molecule has 0 aliphatic heterocycles. The summed E-state index contributed by atoms with van der Waals surface area (Å²) in [6.45, 7) is 1.89. The number of nitrogens with zero attached hydrogens (tertiary/aromatic N) is 4. The molecule has 4 aromatic rings. The van der Waals surface area contributed by atoms with Gasteiger partial charge in [0.05, 0.1) is 5.69 Å². The molecule has 0 radical (unpaired) electrons. The molecule has 2 aromatic carbocycles. The molecule has 0 bridgehead atoms. The number of nitrogens with one attached hydrogen (secondary N) is 2. The second-order valence-corrected chi connectivity index (χ2v) is 5.59. The van der Waals surface area contributed by atoms with Crippen LogP contribution in [0.2, 0.25) is 0 Å². The van der Waals surface area contributed by atoms with Crippen LogP contribution in [0.25, 0.3) is 16.6 Å². The fourth-order valence-electron chi connectivity index (χ4n) is 2.70. The van der Waals surface area contributed by atoms with Gasteiger partial charge in [-0.1, -0.05) is 6.07 Å². The summed E-state index contributed by atoms with van der Waals surface area (Å²) in [5.74, 6) is -0.709. The number of hydrogen-bond donors (Lipinski definition) is 2. The normalized spacial score (nSPS) is 11.0. The smallest absolute Gasteiger partial charge is 0.272 e. The van der Waals surface area contributed by atoms with Crippen LogP contribution < -0.4 is 5.32 Å². The van der Waals surface area contributed by atoms with E-state index in [1.807, 2.05) is 19.1 Å². The molecule has 2 heterocycles. The number of fused-ring (bicyclic) bond motifs is 1. The van der Waals surface area contributed by atoms with Gasteiger partial charge in [-0.05, 0) is 59.3 Å². The third kappa shape index (κ3) is 2.74. The number of benzene rings is 2. The van der Waals surface area contributed by atoms with E-state index in [0.29, 0.717) is 22.3 Å². The number of hydrogen-bond acceptors (Lipinski definition) is 4. The van der Waals surface area contributed by atoms with E-state index < -0.39 is 0 Å². The van der Waals surface area contributed by atoms with E-state index in [9.17, 15) is 9.18 Å². The van der Waals surface area contributed by atoms with Gasteiger partial charge in [0.2, 0.25) is 0 Å². The third-order valence-electron chi connectivity index (χ3n) is 3.91. The maximum atomic E-state index is 13.8. The number of carbonyl (C=O) groups is 1. The summed E-state index contributed by atoms with van der Waals surface area (Å²) in [5.41, 5.74) is 3.21. The molecule has 0 saturated heterocycles. The van der Waals surface area contributed by atoms with Gasteiger partial charge < -0.3 is 10.3 Å². The van der Waals surface area contributed by atoms with E-state index in [1.165, 1.54) is 18.5 Å². The highest BCUT2D eigenvalue weighted by atomic mass is 19.1. The molecule has 8 heteroatoms. The second kappa shape index (κ2) is 5.82. The number of halogens is 1. The lowest BCUT2D eigenvalue weighted by Gasteiger charge is -2.08. The Labute approximate surface area is 141 Å². The highest BCUT2D eigenvalue weighted by molar-refractivity contribution is 6.06. The predicted molar refractivity (Wildman–Crippen MR) is 90.1 cm³/mol. The first-order valence-corrected chi connectivity index (χ1v) is 7.54. The van der Waals surface area contributed by atoms with Crippen LogP contribution in [0.15, 0.2) is 48.8 Å². The van der Waals surface area contributed by atoms with Crippen LogP contribution in [-0.4, -0.2) is 31.1 Å². The number of anilines is 1. The van der Waals surface area contributed by atoms with E-state index in [2.05, 4.69) is 25.8 Å². The van der Waals surface area contributed by atoms with Gasteiger partial charge in [0.25, 0.3) is 5.91 Å². The minimum atomic E-state index is -0.366. The highest BCUT2D eigenvalue weighted by Crippen LogP contribution is 2.21. The zero-order valence-corrected chi connectivity index (χ0v) is 13.2. The van der Waals surface area contributed by atoms with Gasteiger partial charge in [-0.3, -0.25) is 4.79 Å². The monoisotopic (exact) mass is 336 g/mol. The molecule has 25 heavy (non-hydrogen) atoms. The Morgan fingerprint density at radius 1 is 1.24 bits per heavy atom.